The predicted octanol–water partition coefficient (Wildman–Crippen LogP) is 3.79. The Hall–Kier alpha value is -3.59. The van der Waals surface area contributed by atoms with E-state index in [2.05, 4.69) is 20.9 Å². The monoisotopic (exact) mass is 410 g/mol. The lowest BCUT2D eigenvalue weighted by Crippen LogP contribution is -2.25. The number of nitrogens with one attached hydrogen (secondary N) is 3. The third kappa shape index (κ3) is 3.85. The summed E-state index contributed by atoms with van der Waals surface area (Å²) in [5, 5.41) is 19.1. The number of aryl methyl sites for hydroxylation is 1. The first-order valence-electron chi connectivity index (χ1n) is 8.81. The lowest BCUT2D eigenvalue weighted by Gasteiger charge is -2.18. The second kappa shape index (κ2) is 7.44. The predicted molar refractivity (Wildman–Crippen MR) is 111 cm³/mol. The van der Waals surface area contributed by atoms with E-state index >= 15 is 0 Å². The molecule has 8 nitrogen and oxygen atoms in total. The Morgan fingerprint density at radius 3 is 2.93 bits per heavy atom. The Kier molecular flexibility index (Phi) is 4.81. The molecule has 1 aromatic heterocycles. The molecule has 1 aliphatic rings. The maximum atomic E-state index is 12.6. The largest absolute Gasteiger partial charge is 0.508 e. The van der Waals surface area contributed by atoms with Gasteiger partial charge in [0.15, 0.2) is 11.7 Å². The van der Waals surface area contributed by atoms with Crippen molar-refractivity contribution in [3.63, 3.8) is 0 Å². The number of phenolic OH excluding ortho intramolecular Hbond substituents is 1. The summed E-state index contributed by atoms with van der Waals surface area (Å²) in [7, 11) is 0. The average molecular weight is 410 g/mol. The Morgan fingerprint density at radius 1 is 1.28 bits per heavy atom. The van der Waals surface area contributed by atoms with Crippen LogP contribution in [-0.4, -0.2) is 28.5 Å². The van der Waals surface area contributed by atoms with Crippen LogP contribution in [0.15, 0.2) is 36.5 Å². The van der Waals surface area contributed by atoms with E-state index in [9.17, 15) is 14.7 Å². The van der Waals surface area contributed by atoms with Crippen LogP contribution in [0.3, 0.4) is 0 Å². The number of carbonyl (C=O) groups is 2. The molecule has 0 aliphatic carbocycles. The van der Waals surface area contributed by atoms with Gasteiger partial charge in [-0.25, -0.2) is 4.98 Å². The molecule has 2 heterocycles. The summed E-state index contributed by atoms with van der Waals surface area (Å²) in [6.45, 7) is 3.61. The number of rotatable bonds is 4. The molecule has 29 heavy (non-hydrogen) atoms. The number of carbonyl (C=O) groups excluding carboxylic acids is 2. The summed E-state index contributed by atoms with van der Waals surface area (Å²) in [6, 6.07) is 8.65. The number of nitrogens with zero attached hydrogens (tertiary/aromatic N) is 1. The maximum absolute atomic E-state index is 12.6. The summed E-state index contributed by atoms with van der Waals surface area (Å²) in [5.41, 5.74) is 3.34. The quantitative estimate of drug-likeness (QED) is 0.521. The molecule has 2 aromatic carbocycles. The minimum Gasteiger partial charge on any atom is -0.508 e. The highest BCUT2D eigenvalue weighted by Gasteiger charge is 2.17. The van der Waals surface area contributed by atoms with Crippen LogP contribution in [0.2, 0.25) is 0 Å². The number of fused-ring (bicyclic) bond motifs is 1. The SMILES string of the molecule is Cc1ccc(O)c(C)c1NC(=O)c1cnc(Nc2ccc3c(c2)NC(=O)CO3)s1. The van der Waals surface area contributed by atoms with E-state index in [4.69, 9.17) is 4.74 Å². The van der Waals surface area contributed by atoms with E-state index in [1.807, 2.05) is 6.92 Å². The van der Waals surface area contributed by atoms with Gasteiger partial charge in [0.25, 0.3) is 11.8 Å². The molecule has 0 radical (unpaired) electrons. The van der Waals surface area contributed by atoms with Gasteiger partial charge in [0.2, 0.25) is 0 Å². The molecule has 4 N–H and O–H groups in total. The molecule has 0 saturated carbocycles. The number of amides is 2. The zero-order valence-electron chi connectivity index (χ0n) is 15.7. The number of aromatic nitrogens is 1. The normalized spacial score (nSPS) is 12.6. The summed E-state index contributed by atoms with van der Waals surface area (Å²) in [6.07, 6.45) is 1.49. The fourth-order valence-corrected chi connectivity index (χ4v) is 3.66. The zero-order valence-corrected chi connectivity index (χ0v) is 16.5. The van der Waals surface area contributed by atoms with Gasteiger partial charge >= 0.3 is 0 Å². The van der Waals surface area contributed by atoms with Gasteiger partial charge < -0.3 is 25.8 Å². The van der Waals surface area contributed by atoms with Crippen LogP contribution >= 0.6 is 11.3 Å². The number of hydrogen-bond donors (Lipinski definition) is 4. The zero-order chi connectivity index (χ0) is 20.5. The van der Waals surface area contributed by atoms with E-state index < -0.39 is 0 Å². The number of thiazole rings is 1. The van der Waals surface area contributed by atoms with Crippen LogP contribution in [-0.2, 0) is 4.79 Å². The van der Waals surface area contributed by atoms with E-state index in [-0.39, 0.29) is 24.2 Å². The molecule has 4 rings (SSSR count). The highest BCUT2D eigenvalue weighted by Crippen LogP contribution is 2.33. The molecule has 0 spiro atoms. The van der Waals surface area contributed by atoms with Crippen molar-refractivity contribution in [1.82, 2.24) is 4.98 Å². The molecule has 1 aliphatic heterocycles. The van der Waals surface area contributed by atoms with Crippen molar-refractivity contribution in [2.24, 2.45) is 0 Å². The van der Waals surface area contributed by atoms with Crippen LogP contribution in [0, 0.1) is 13.8 Å². The molecule has 0 atom stereocenters. The number of benzene rings is 2. The molecule has 148 valence electrons. The van der Waals surface area contributed by atoms with Crippen LogP contribution in [0.5, 0.6) is 11.5 Å². The molecule has 0 unspecified atom stereocenters. The van der Waals surface area contributed by atoms with Gasteiger partial charge in [0.05, 0.1) is 17.6 Å². The summed E-state index contributed by atoms with van der Waals surface area (Å²) >= 11 is 1.19. The van der Waals surface area contributed by atoms with Gasteiger partial charge in [-0.1, -0.05) is 17.4 Å². The van der Waals surface area contributed by atoms with Crippen LogP contribution in [0.25, 0.3) is 0 Å². The smallest absolute Gasteiger partial charge is 0.267 e. The van der Waals surface area contributed by atoms with Crippen molar-refractivity contribution in [2.75, 3.05) is 22.6 Å². The lowest BCUT2D eigenvalue weighted by molar-refractivity contribution is -0.118. The van der Waals surface area contributed by atoms with Crippen molar-refractivity contribution in [3.05, 3.63) is 52.5 Å². The first-order valence-corrected chi connectivity index (χ1v) is 9.62. The molecule has 0 saturated heterocycles. The molecular formula is C20H18N4O4S. The number of phenols is 1. The van der Waals surface area contributed by atoms with Crippen LogP contribution in [0.1, 0.15) is 20.8 Å². The first-order chi connectivity index (χ1) is 13.9. The van der Waals surface area contributed by atoms with Gasteiger partial charge in [-0.3, -0.25) is 9.59 Å². The standard InChI is InChI=1S/C20H18N4O4S/c1-10-3-5-14(25)11(2)18(10)24-19(27)16-8-21-20(29-16)22-12-4-6-15-13(7-12)23-17(26)9-28-15/h3-8,25H,9H2,1-2H3,(H,21,22)(H,23,26)(H,24,27). The third-order valence-corrected chi connectivity index (χ3v) is 5.39. The summed E-state index contributed by atoms with van der Waals surface area (Å²) in [4.78, 5) is 28.7. The number of hydrogen-bond acceptors (Lipinski definition) is 7. The molecular weight excluding hydrogens is 392 g/mol. The summed E-state index contributed by atoms with van der Waals surface area (Å²) < 4.78 is 5.34. The fourth-order valence-electron chi connectivity index (χ4n) is 2.92. The number of ether oxygens (including phenoxy) is 1. The van der Waals surface area contributed by atoms with E-state index in [1.54, 1.807) is 37.3 Å². The van der Waals surface area contributed by atoms with Crippen LogP contribution < -0.4 is 20.7 Å². The average Bonchev–Trinajstić information content (AvgIpc) is 3.16. The first kappa shape index (κ1) is 18.8. The van der Waals surface area contributed by atoms with Crippen molar-refractivity contribution in [2.45, 2.75) is 13.8 Å². The molecule has 0 fully saturated rings. The molecule has 2 amide bonds. The van der Waals surface area contributed by atoms with Gasteiger partial charge in [-0.2, -0.15) is 0 Å². The second-order valence-electron chi connectivity index (χ2n) is 6.56. The fraction of sp³-hybridized carbons (Fsp3) is 0.150. The minimum atomic E-state index is -0.307. The van der Waals surface area contributed by atoms with Gasteiger partial charge in [0, 0.05) is 11.3 Å². The van der Waals surface area contributed by atoms with Gasteiger partial charge in [-0.05, 0) is 43.7 Å². The van der Waals surface area contributed by atoms with Gasteiger partial charge in [-0.15, -0.1) is 0 Å². The van der Waals surface area contributed by atoms with Crippen molar-refractivity contribution >= 4 is 45.3 Å². The lowest BCUT2D eigenvalue weighted by atomic mass is 10.1. The summed E-state index contributed by atoms with van der Waals surface area (Å²) in [5.74, 6) is 0.214. The Labute approximate surface area is 170 Å². The maximum Gasteiger partial charge on any atom is 0.267 e. The number of aromatic hydroxyl groups is 1. The van der Waals surface area contributed by atoms with Crippen LogP contribution in [0.4, 0.5) is 22.2 Å². The topological polar surface area (TPSA) is 113 Å². The second-order valence-corrected chi connectivity index (χ2v) is 7.59. The highest BCUT2D eigenvalue weighted by molar-refractivity contribution is 7.17. The number of anilines is 4. The molecule has 9 heteroatoms. The Bertz CT molecular complexity index is 1130. The van der Waals surface area contributed by atoms with Crippen molar-refractivity contribution < 1.29 is 19.4 Å². The highest BCUT2D eigenvalue weighted by atomic mass is 32.1. The van der Waals surface area contributed by atoms with E-state index in [1.165, 1.54) is 17.5 Å². The van der Waals surface area contributed by atoms with E-state index in [0.717, 1.165) is 5.56 Å². The molecule has 3 aromatic rings. The molecule has 0 bridgehead atoms. The van der Waals surface area contributed by atoms with Crippen molar-refractivity contribution in [1.29, 1.82) is 0 Å². The van der Waals surface area contributed by atoms with E-state index in [0.29, 0.717) is 38.4 Å². The van der Waals surface area contributed by atoms with Gasteiger partial charge in [0.1, 0.15) is 16.4 Å². The third-order valence-electron chi connectivity index (χ3n) is 4.48. The van der Waals surface area contributed by atoms with Crippen molar-refractivity contribution in [3.8, 4) is 11.5 Å². The Morgan fingerprint density at radius 2 is 2.10 bits per heavy atom. The Balaban J connectivity index is 1.49. The minimum absolute atomic E-state index is 0.00284.